The number of amides is 1. The first-order chi connectivity index (χ1) is 15.0. The van der Waals surface area contributed by atoms with E-state index in [1.54, 1.807) is 23.8 Å². The maximum atomic E-state index is 12.1. The number of benzene rings is 1. The summed E-state index contributed by atoms with van der Waals surface area (Å²) in [5.74, 6) is 1.76. The van der Waals surface area contributed by atoms with Gasteiger partial charge in [-0.25, -0.2) is 0 Å². The van der Waals surface area contributed by atoms with Gasteiger partial charge < -0.3 is 14.7 Å². The lowest BCUT2D eigenvalue weighted by molar-refractivity contribution is -0.117. The van der Waals surface area contributed by atoms with Crippen LogP contribution in [-0.2, 0) is 10.4 Å². The van der Waals surface area contributed by atoms with Gasteiger partial charge in [-0.1, -0.05) is 23.7 Å². The molecule has 2 aliphatic rings. The molecule has 9 heteroatoms. The highest BCUT2D eigenvalue weighted by molar-refractivity contribution is 6.30. The van der Waals surface area contributed by atoms with E-state index < -0.39 is 5.60 Å². The summed E-state index contributed by atoms with van der Waals surface area (Å²) in [5, 5.41) is 19.2. The standard InChI is InChI=1S/C22H24ClN5O3/c1-31-17-8-9-18-24-21(25-19(29)14-2-3-14)26-28(18)20(17)27-12-10-22(30,11-13-27)15-4-6-16(23)7-5-15/h4-9,14,30H,2-3,10-13H2,1H3,(H,25,26,29). The molecule has 8 nitrogen and oxygen atoms in total. The number of fused-ring (bicyclic) bond motifs is 1. The van der Waals surface area contributed by atoms with Crippen LogP contribution in [0.3, 0.4) is 0 Å². The molecule has 0 bridgehead atoms. The van der Waals surface area contributed by atoms with Crippen molar-refractivity contribution in [3.8, 4) is 5.75 Å². The van der Waals surface area contributed by atoms with Crippen molar-refractivity contribution < 1.29 is 14.6 Å². The second-order valence-electron chi connectivity index (χ2n) is 8.22. The number of carbonyl (C=O) groups excluding carboxylic acids is 1. The van der Waals surface area contributed by atoms with Gasteiger partial charge in [-0.3, -0.25) is 10.1 Å². The molecule has 162 valence electrons. The number of hydrogen-bond donors (Lipinski definition) is 2. The molecule has 3 heterocycles. The van der Waals surface area contributed by atoms with E-state index in [2.05, 4.69) is 20.3 Å². The predicted octanol–water partition coefficient (Wildman–Crippen LogP) is 3.23. The van der Waals surface area contributed by atoms with E-state index in [1.165, 1.54) is 0 Å². The summed E-state index contributed by atoms with van der Waals surface area (Å²) in [5.41, 5.74) is 0.585. The van der Waals surface area contributed by atoms with Gasteiger partial charge in [-0.2, -0.15) is 9.50 Å². The number of pyridine rings is 1. The molecule has 0 unspecified atom stereocenters. The second kappa shape index (κ2) is 7.69. The first kappa shape index (κ1) is 20.1. The molecule has 1 saturated heterocycles. The number of nitrogens with one attached hydrogen (secondary N) is 1. The van der Waals surface area contributed by atoms with Gasteiger partial charge in [0, 0.05) is 24.0 Å². The Morgan fingerprint density at radius 1 is 1.19 bits per heavy atom. The zero-order chi connectivity index (χ0) is 21.6. The molecule has 2 fully saturated rings. The van der Waals surface area contributed by atoms with Gasteiger partial charge in [0.15, 0.2) is 17.2 Å². The molecular formula is C22H24ClN5O3. The predicted molar refractivity (Wildman–Crippen MR) is 118 cm³/mol. The molecule has 2 N–H and O–H groups in total. The van der Waals surface area contributed by atoms with Gasteiger partial charge >= 0.3 is 0 Å². The Morgan fingerprint density at radius 3 is 2.55 bits per heavy atom. The molecule has 1 aromatic carbocycles. The first-order valence-corrected chi connectivity index (χ1v) is 10.8. The number of aliphatic hydroxyl groups is 1. The summed E-state index contributed by atoms with van der Waals surface area (Å²) in [7, 11) is 1.62. The van der Waals surface area contributed by atoms with Crippen LogP contribution in [0.15, 0.2) is 36.4 Å². The average Bonchev–Trinajstić information content (AvgIpc) is 3.54. The minimum Gasteiger partial charge on any atom is -0.493 e. The maximum absolute atomic E-state index is 12.1. The number of aromatic nitrogens is 3. The number of carbonyl (C=O) groups is 1. The Balaban J connectivity index is 1.42. The third-order valence-corrected chi connectivity index (χ3v) is 6.36. The van der Waals surface area contributed by atoms with Gasteiger partial charge in [-0.05, 0) is 55.5 Å². The number of hydrogen-bond acceptors (Lipinski definition) is 6. The van der Waals surface area contributed by atoms with Crippen molar-refractivity contribution in [2.45, 2.75) is 31.3 Å². The van der Waals surface area contributed by atoms with Crippen LogP contribution in [0, 0.1) is 5.92 Å². The van der Waals surface area contributed by atoms with E-state index in [4.69, 9.17) is 16.3 Å². The monoisotopic (exact) mass is 441 g/mol. The van der Waals surface area contributed by atoms with Crippen molar-refractivity contribution in [3.05, 3.63) is 47.0 Å². The topological polar surface area (TPSA) is 92.0 Å². The highest BCUT2D eigenvalue weighted by Gasteiger charge is 2.36. The smallest absolute Gasteiger partial charge is 0.249 e. The Morgan fingerprint density at radius 2 is 1.90 bits per heavy atom. The molecule has 1 saturated carbocycles. The minimum atomic E-state index is -0.909. The van der Waals surface area contributed by atoms with E-state index in [1.807, 2.05) is 24.3 Å². The summed E-state index contributed by atoms with van der Waals surface area (Å²) in [6.45, 7) is 1.22. The molecular weight excluding hydrogens is 418 g/mol. The van der Waals surface area contributed by atoms with Crippen LogP contribution < -0.4 is 15.0 Å². The van der Waals surface area contributed by atoms with Crippen LogP contribution in [0.2, 0.25) is 5.02 Å². The summed E-state index contributed by atoms with van der Waals surface area (Å²) in [6, 6.07) is 11.0. The summed E-state index contributed by atoms with van der Waals surface area (Å²) in [4.78, 5) is 18.7. The van der Waals surface area contributed by atoms with Crippen molar-refractivity contribution in [2.75, 3.05) is 30.4 Å². The minimum absolute atomic E-state index is 0.0320. The number of nitrogens with zero attached hydrogens (tertiary/aromatic N) is 4. The van der Waals surface area contributed by atoms with Crippen LogP contribution in [0.4, 0.5) is 11.8 Å². The number of ether oxygens (including phenoxy) is 1. The summed E-state index contributed by atoms with van der Waals surface area (Å²) >= 11 is 6.00. The third-order valence-electron chi connectivity index (χ3n) is 6.11. The van der Waals surface area contributed by atoms with Crippen LogP contribution in [0.1, 0.15) is 31.2 Å². The molecule has 2 aromatic heterocycles. The number of piperidine rings is 1. The molecule has 3 aromatic rings. The van der Waals surface area contributed by atoms with E-state index in [9.17, 15) is 9.90 Å². The van der Waals surface area contributed by atoms with Crippen LogP contribution in [0.25, 0.3) is 5.65 Å². The molecule has 0 radical (unpaired) electrons. The fourth-order valence-corrected chi connectivity index (χ4v) is 4.24. The van der Waals surface area contributed by atoms with Gasteiger partial charge in [0.1, 0.15) is 0 Å². The van der Waals surface area contributed by atoms with Crippen molar-refractivity contribution in [1.29, 1.82) is 0 Å². The van der Waals surface area contributed by atoms with Crippen LogP contribution in [0.5, 0.6) is 5.75 Å². The second-order valence-corrected chi connectivity index (χ2v) is 8.66. The fraction of sp³-hybridized carbons (Fsp3) is 0.409. The number of rotatable bonds is 5. The lowest BCUT2D eigenvalue weighted by Crippen LogP contribution is -2.43. The van der Waals surface area contributed by atoms with Crippen molar-refractivity contribution >= 4 is 34.9 Å². The van der Waals surface area contributed by atoms with Crippen molar-refractivity contribution in [2.24, 2.45) is 5.92 Å². The third kappa shape index (κ3) is 3.81. The Kier molecular flexibility index (Phi) is 4.98. The van der Waals surface area contributed by atoms with Crippen LogP contribution >= 0.6 is 11.6 Å². The number of halogens is 1. The maximum Gasteiger partial charge on any atom is 0.249 e. The van der Waals surface area contributed by atoms with Gasteiger partial charge in [0.2, 0.25) is 11.9 Å². The molecule has 0 atom stereocenters. The van der Waals surface area contributed by atoms with E-state index in [-0.39, 0.29) is 11.8 Å². The molecule has 5 rings (SSSR count). The summed E-state index contributed by atoms with van der Waals surface area (Å²) < 4.78 is 7.30. The molecule has 31 heavy (non-hydrogen) atoms. The van der Waals surface area contributed by atoms with Crippen molar-refractivity contribution in [3.63, 3.8) is 0 Å². The highest BCUT2D eigenvalue weighted by Crippen LogP contribution is 2.38. The van der Waals surface area contributed by atoms with E-state index in [0.29, 0.717) is 48.3 Å². The molecule has 0 spiro atoms. The number of methoxy groups -OCH3 is 1. The van der Waals surface area contributed by atoms with Gasteiger partial charge in [0.25, 0.3) is 0 Å². The number of anilines is 2. The van der Waals surface area contributed by atoms with E-state index in [0.717, 1.165) is 24.2 Å². The molecule has 1 amide bonds. The lowest BCUT2D eigenvalue weighted by atomic mass is 9.84. The van der Waals surface area contributed by atoms with Crippen LogP contribution in [-0.4, -0.2) is 45.8 Å². The Bertz CT molecular complexity index is 1120. The normalized spacial score (nSPS) is 18.2. The average molecular weight is 442 g/mol. The Labute approximate surface area is 184 Å². The lowest BCUT2D eigenvalue weighted by Gasteiger charge is -2.39. The quantitative estimate of drug-likeness (QED) is 0.631. The van der Waals surface area contributed by atoms with Gasteiger partial charge in [-0.15, -0.1) is 5.10 Å². The zero-order valence-electron chi connectivity index (χ0n) is 17.2. The summed E-state index contributed by atoms with van der Waals surface area (Å²) in [6.07, 6.45) is 2.94. The zero-order valence-corrected chi connectivity index (χ0v) is 18.0. The van der Waals surface area contributed by atoms with Crippen molar-refractivity contribution in [1.82, 2.24) is 14.6 Å². The highest BCUT2D eigenvalue weighted by atomic mass is 35.5. The largest absolute Gasteiger partial charge is 0.493 e. The Hall–Kier alpha value is -2.84. The van der Waals surface area contributed by atoms with E-state index >= 15 is 0 Å². The molecule has 1 aliphatic heterocycles. The fourth-order valence-electron chi connectivity index (χ4n) is 4.11. The van der Waals surface area contributed by atoms with Gasteiger partial charge in [0.05, 0.1) is 12.7 Å². The first-order valence-electron chi connectivity index (χ1n) is 10.4. The molecule has 1 aliphatic carbocycles. The SMILES string of the molecule is COc1ccc2nc(NC(=O)C3CC3)nn2c1N1CCC(O)(c2ccc(Cl)cc2)CC1.